The maximum Gasteiger partial charge on any atom is 0.129 e. The van der Waals surface area contributed by atoms with Crippen LogP contribution in [0.15, 0.2) is 90.0 Å². The fraction of sp³-hybridized carbons (Fsp3) is 0.0417. The van der Waals surface area contributed by atoms with E-state index in [2.05, 4.69) is 10.5 Å². The van der Waals surface area contributed by atoms with E-state index in [-0.39, 0.29) is 5.82 Å². The van der Waals surface area contributed by atoms with Gasteiger partial charge in [-0.2, -0.15) is 5.10 Å². The molecule has 4 aromatic carbocycles. The van der Waals surface area contributed by atoms with Crippen molar-refractivity contribution in [3.8, 4) is 5.75 Å². The zero-order valence-corrected chi connectivity index (χ0v) is 16.2. The summed E-state index contributed by atoms with van der Waals surface area (Å²) in [7, 11) is 0. The molecule has 0 atom stereocenters. The number of hydrogen-bond acceptors (Lipinski definition) is 3. The highest BCUT2D eigenvalue weighted by molar-refractivity contribution is 6.30. The molecule has 0 heterocycles. The number of halogens is 2. The van der Waals surface area contributed by atoms with Gasteiger partial charge in [-0.3, -0.25) is 5.43 Å². The van der Waals surface area contributed by atoms with Gasteiger partial charge in [0.25, 0.3) is 0 Å². The Bertz CT molecular complexity index is 1160. The molecule has 29 heavy (non-hydrogen) atoms. The Morgan fingerprint density at radius 3 is 2.59 bits per heavy atom. The van der Waals surface area contributed by atoms with Crippen LogP contribution in [0.25, 0.3) is 10.8 Å². The summed E-state index contributed by atoms with van der Waals surface area (Å²) >= 11 is 6.02. The van der Waals surface area contributed by atoms with Crippen molar-refractivity contribution in [1.82, 2.24) is 0 Å². The highest BCUT2D eigenvalue weighted by atomic mass is 35.5. The molecule has 0 aliphatic heterocycles. The number of hydrazone groups is 1. The van der Waals surface area contributed by atoms with Gasteiger partial charge in [0, 0.05) is 10.6 Å². The van der Waals surface area contributed by atoms with Crippen LogP contribution in [0.3, 0.4) is 0 Å². The van der Waals surface area contributed by atoms with E-state index in [1.54, 1.807) is 24.4 Å². The van der Waals surface area contributed by atoms with Crippen LogP contribution < -0.4 is 10.2 Å². The summed E-state index contributed by atoms with van der Waals surface area (Å²) in [4.78, 5) is 0. The van der Waals surface area contributed by atoms with Gasteiger partial charge in [0.2, 0.25) is 0 Å². The molecule has 3 nitrogen and oxygen atoms in total. The van der Waals surface area contributed by atoms with E-state index in [0.717, 1.165) is 27.6 Å². The third kappa shape index (κ3) is 4.73. The lowest BCUT2D eigenvalue weighted by Gasteiger charge is -2.12. The molecular formula is C24H18ClFN2O. The molecule has 144 valence electrons. The molecule has 0 fully saturated rings. The Morgan fingerprint density at radius 2 is 1.76 bits per heavy atom. The van der Waals surface area contributed by atoms with E-state index in [1.165, 1.54) is 12.1 Å². The van der Waals surface area contributed by atoms with Gasteiger partial charge < -0.3 is 4.74 Å². The molecule has 0 amide bonds. The number of fused-ring (bicyclic) bond motifs is 1. The summed E-state index contributed by atoms with van der Waals surface area (Å²) in [5, 5.41) is 7.12. The fourth-order valence-electron chi connectivity index (χ4n) is 3.01. The molecule has 0 aliphatic rings. The van der Waals surface area contributed by atoms with Crippen LogP contribution in [0.1, 0.15) is 11.1 Å². The second-order valence-corrected chi connectivity index (χ2v) is 6.93. The Morgan fingerprint density at radius 1 is 0.931 bits per heavy atom. The maximum atomic E-state index is 13.1. The lowest BCUT2D eigenvalue weighted by molar-refractivity contribution is 0.306. The van der Waals surface area contributed by atoms with Crippen molar-refractivity contribution in [2.24, 2.45) is 5.10 Å². The van der Waals surface area contributed by atoms with Crippen LogP contribution in [0, 0.1) is 5.82 Å². The van der Waals surface area contributed by atoms with Gasteiger partial charge in [-0.25, -0.2) is 4.39 Å². The van der Waals surface area contributed by atoms with Crippen molar-refractivity contribution in [3.05, 3.63) is 107 Å². The third-order valence-electron chi connectivity index (χ3n) is 4.45. The monoisotopic (exact) mass is 404 g/mol. The first-order valence-electron chi connectivity index (χ1n) is 9.13. The topological polar surface area (TPSA) is 33.6 Å². The molecule has 0 saturated heterocycles. The quantitative estimate of drug-likeness (QED) is 0.288. The number of anilines is 1. The van der Waals surface area contributed by atoms with Gasteiger partial charge in [-0.1, -0.05) is 60.1 Å². The van der Waals surface area contributed by atoms with Crippen LogP contribution in [0.2, 0.25) is 5.02 Å². The van der Waals surface area contributed by atoms with E-state index < -0.39 is 0 Å². The highest BCUT2D eigenvalue weighted by Gasteiger charge is 2.08. The van der Waals surface area contributed by atoms with E-state index in [9.17, 15) is 4.39 Å². The minimum atomic E-state index is -0.264. The van der Waals surface area contributed by atoms with Crippen molar-refractivity contribution in [2.45, 2.75) is 6.61 Å². The molecule has 0 saturated carbocycles. The van der Waals surface area contributed by atoms with Crippen molar-refractivity contribution >= 4 is 34.3 Å². The molecule has 4 rings (SSSR count). The average molecular weight is 405 g/mol. The lowest BCUT2D eigenvalue weighted by atomic mass is 10.0. The average Bonchev–Trinajstić information content (AvgIpc) is 2.74. The molecule has 0 spiro atoms. The third-order valence-corrected chi connectivity index (χ3v) is 4.69. The van der Waals surface area contributed by atoms with Crippen LogP contribution in [-0.4, -0.2) is 6.21 Å². The minimum absolute atomic E-state index is 0.264. The van der Waals surface area contributed by atoms with Crippen LogP contribution >= 0.6 is 11.6 Å². The van der Waals surface area contributed by atoms with Crippen LogP contribution in [0.5, 0.6) is 5.75 Å². The first-order chi connectivity index (χ1) is 14.2. The van der Waals surface area contributed by atoms with Crippen LogP contribution in [0.4, 0.5) is 10.1 Å². The SMILES string of the molecule is Fc1ccc(COc2ccc3ccccc3c2C=NNc2cccc(Cl)c2)cc1. The first-order valence-corrected chi connectivity index (χ1v) is 9.50. The van der Waals surface area contributed by atoms with Gasteiger partial charge in [0.05, 0.1) is 11.9 Å². The summed E-state index contributed by atoms with van der Waals surface area (Å²) < 4.78 is 19.1. The molecule has 0 unspecified atom stereocenters. The van der Waals surface area contributed by atoms with Crippen molar-refractivity contribution in [2.75, 3.05) is 5.43 Å². The van der Waals surface area contributed by atoms with Gasteiger partial charge in [-0.15, -0.1) is 0 Å². The first kappa shape index (κ1) is 19.0. The van der Waals surface area contributed by atoms with E-state index in [1.807, 2.05) is 54.6 Å². The normalized spacial score (nSPS) is 11.1. The molecule has 0 bridgehead atoms. The Hall–Kier alpha value is -3.37. The maximum absolute atomic E-state index is 13.1. The number of ether oxygens (including phenoxy) is 1. The van der Waals surface area contributed by atoms with E-state index >= 15 is 0 Å². The summed E-state index contributed by atoms with van der Waals surface area (Å²) in [6, 6.07) is 25.6. The number of benzene rings is 4. The zero-order valence-electron chi connectivity index (χ0n) is 15.5. The predicted octanol–water partition coefficient (Wildman–Crippen LogP) is 6.66. The van der Waals surface area contributed by atoms with Crippen molar-refractivity contribution in [1.29, 1.82) is 0 Å². The minimum Gasteiger partial charge on any atom is -0.488 e. The number of hydrogen-bond donors (Lipinski definition) is 1. The molecule has 1 N–H and O–H groups in total. The van der Waals surface area contributed by atoms with E-state index in [4.69, 9.17) is 16.3 Å². The summed E-state index contributed by atoms with van der Waals surface area (Å²) in [6.45, 7) is 0.335. The number of rotatable bonds is 6. The highest BCUT2D eigenvalue weighted by Crippen LogP contribution is 2.27. The smallest absolute Gasteiger partial charge is 0.129 e. The van der Waals surface area contributed by atoms with Crippen molar-refractivity contribution < 1.29 is 9.13 Å². The molecular weight excluding hydrogens is 387 g/mol. The molecule has 0 aromatic heterocycles. The van der Waals surface area contributed by atoms with Crippen molar-refractivity contribution in [3.63, 3.8) is 0 Å². The summed E-state index contributed by atoms with van der Waals surface area (Å²) in [5.41, 5.74) is 5.54. The largest absolute Gasteiger partial charge is 0.488 e. The zero-order chi connectivity index (χ0) is 20.1. The predicted molar refractivity (Wildman–Crippen MR) is 117 cm³/mol. The standard InChI is InChI=1S/C24H18ClFN2O/c25-19-5-3-6-21(14-19)28-27-15-23-22-7-2-1-4-18(22)10-13-24(23)29-16-17-8-11-20(26)12-9-17/h1-15,28H,16H2. The second kappa shape index (κ2) is 8.76. The Kier molecular flexibility index (Phi) is 5.73. The van der Waals surface area contributed by atoms with Gasteiger partial charge in [0.15, 0.2) is 0 Å². The number of nitrogens with one attached hydrogen (secondary N) is 1. The lowest BCUT2D eigenvalue weighted by Crippen LogP contribution is -2.00. The summed E-state index contributed by atoms with van der Waals surface area (Å²) in [6.07, 6.45) is 1.74. The molecule has 0 radical (unpaired) electrons. The summed E-state index contributed by atoms with van der Waals surface area (Å²) in [5.74, 6) is 0.434. The van der Waals surface area contributed by atoms with Gasteiger partial charge >= 0.3 is 0 Å². The fourth-order valence-corrected chi connectivity index (χ4v) is 3.20. The number of nitrogens with zero attached hydrogens (tertiary/aromatic N) is 1. The van der Waals surface area contributed by atoms with Crippen LogP contribution in [-0.2, 0) is 6.61 Å². The van der Waals surface area contributed by atoms with E-state index in [0.29, 0.717) is 17.4 Å². The molecule has 0 aliphatic carbocycles. The molecule has 5 heteroatoms. The second-order valence-electron chi connectivity index (χ2n) is 6.49. The Labute approximate surface area is 173 Å². The van der Waals surface area contributed by atoms with Gasteiger partial charge in [0.1, 0.15) is 18.2 Å². The van der Waals surface area contributed by atoms with Gasteiger partial charge in [-0.05, 0) is 52.7 Å². The molecule has 4 aromatic rings. The Balaban J connectivity index is 1.61.